The van der Waals surface area contributed by atoms with Crippen LogP contribution in [0, 0.1) is 11.6 Å². The summed E-state index contributed by atoms with van der Waals surface area (Å²) in [6.45, 7) is 0. The lowest BCUT2D eigenvalue weighted by atomic mass is 9.96. The van der Waals surface area contributed by atoms with Crippen molar-refractivity contribution in [2.75, 3.05) is 6.26 Å². The topological polar surface area (TPSA) is 47.0 Å². The molecular weight excluding hydrogens is 368 g/mol. The second kappa shape index (κ2) is 6.54. The molecule has 0 fully saturated rings. The largest absolute Gasteiger partial charge is 0.264 e. The van der Waals surface area contributed by atoms with E-state index in [1.54, 1.807) is 30.5 Å². The first-order valence-corrected chi connectivity index (χ1v) is 9.44. The lowest BCUT2D eigenvalue weighted by Crippen LogP contribution is -2.05. The first-order valence-electron chi connectivity index (χ1n) is 7.17. The maximum Gasteiger partial charge on any atom is 0.181 e. The van der Waals surface area contributed by atoms with Crippen LogP contribution >= 0.6 is 11.6 Å². The van der Waals surface area contributed by atoms with Gasteiger partial charge in [-0.3, -0.25) is 4.98 Å². The third kappa shape index (κ3) is 3.55. The van der Waals surface area contributed by atoms with E-state index < -0.39 is 26.4 Å². The number of sulfone groups is 1. The van der Waals surface area contributed by atoms with Gasteiger partial charge in [0, 0.05) is 29.2 Å². The van der Waals surface area contributed by atoms with Crippen LogP contribution < -0.4 is 0 Å². The predicted molar refractivity (Wildman–Crippen MR) is 93.1 cm³/mol. The molecule has 3 aromatic rings. The summed E-state index contributed by atoms with van der Waals surface area (Å²) in [4.78, 5) is 3.06. The number of hydrogen-bond acceptors (Lipinski definition) is 3. The molecule has 2 aromatic carbocycles. The standard InChI is InChI=1S/C18H12ClF2NO2S/c1-25(23,24)18-16(20)8-12(9-17(18)21)15-10-22-6-5-14(15)11-3-2-4-13(19)7-11/h2-10H,1H3. The van der Waals surface area contributed by atoms with E-state index in [4.69, 9.17) is 11.6 Å². The zero-order valence-electron chi connectivity index (χ0n) is 13.0. The Kier molecular flexibility index (Phi) is 4.58. The SMILES string of the molecule is CS(=O)(=O)c1c(F)cc(-c2cnccc2-c2cccc(Cl)c2)cc1F. The molecule has 0 aliphatic rings. The normalized spacial score (nSPS) is 11.5. The molecule has 0 atom stereocenters. The molecule has 0 spiro atoms. The predicted octanol–water partition coefficient (Wildman–Crippen LogP) is 4.75. The number of halogens is 3. The Balaban J connectivity index is 2.22. The number of pyridine rings is 1. The molecule has 0 saturated carbocycles. The van der Waals surface area contributed by atoms with E-state index in [9.17, 15) is 17.2 Å². The fourth-order valence-corrected chi connectivity index (χ4v) is 3.62. The van der Waals surface area contributed by atoms with Gasteiger partial charge in [-0.25, -0.2) is 17.2 Å². The van der Waals surface area contributed by atoms with Crippen LogP contribution in [0.5, 0.6) is 0 Å². The van der Waals surface area contributed by atoms with Crippen molar-refractivity contribution in [1.29, 1.82) is 0 Å². The Morgan fingerprint density at radius 1 is 0.960 bits per heavy atom. The van der Waals surface area contributed by atoms with E-state index in [1.165, 1.54) is 6.20 Å². The number of benzene rings is 2. The third-order valence-corrected chi connectivity index (χ3v) is 5.00. The smallest absolute Gasteiger partial charge is 0.181 e. The zero-order chi connectivity index (χ0) is 18.2. The van der Waals surface area contributed by atoms with E-state index in [0.717, 1.165) is 24.0 Å². The van der Waals surface area contributed by atoms with E-state index in [0.29, 0.717) is 16.1 Å². The van der Waals surface area contributed by atoms with Crippen molar-refractivity contribution in [3.8, 4) is 22.3 Å². The number of nitrogens with zero attached hydrogens (tertiary/aromatic N) is 1. The van der Waals surface area contributed by atoms with E-state index >= 15 is 0 Å². The van der Waals surface area contributed by atoms with Crippen LogP contribution in [0.3, 0.4) is 0 Å². The summed E-state index contributed by atoms with van der Waals surface area (Å²) in [5.41, 5.74) is 2.06. The van der Waals surface area contributed by atoms with Crippen molar-refractivity contribution in [2.45, 2.75) is 4.90 Å². The number of aromatic nitrogens is 1. The van der Waals surface area contributed by atoms with E-state index in [-0.39, 0.29) is 5.56 Å². The highest BCUT2D eigenvalue weighted by atomic mass is 35.5. The van der Waals surface area contributed by atoms with Crippen LogP contribution in [-0.2, 0) is 9.84 Å². The fraction of sp³-hybridized carbons (Fsp3) is 0.0556. The second-order valence-corrected chi connectivity index (χ2v) is 7.86. The minimum atomic E-state index is -4.01. The van der Waals surface area contributed by atoms with Crippen LogP contribution in [-0.4, -0.2) is 19.7 Å². The monoisotopic (exact) mass is 379 g/mol. The van der Waals surface area contributed by atoms with E-state index in [2.05, 4.69) is 4.98 Å². The van der Waals surface area contributed by atoms with Gasteiger partial charge in [-0.05, 0) is 47.0 Å². The molecule has 3 nitrogen and oxygen atoms in total. The summed E-state index contributed by atoms with van der Waals surface area (Å²) in [5, 5.41) is 0.519. The second-order valence-electron chi connectivity index (χ2n) is 5.47. The van der Waals surface area contributed by atoms with Gasteiger partial charge in [0.2, 0.25) is 0 Å². The Morgan fingerprint density at radius 2 is 1.64 bits per heavy atom. The molecule has 0 bridgehead atoms. The summed E-state index contributed by atoms with van der Waals surface area (Å²) in [5.74, 6) is -2.28. The minimum absolute atomic E-state index is 0.186. The zero-order valence-corrected chi connectivity index (χ0v) is 14.6. The van der Waals surface area contributed by atoms with Gasteiger partial charge in [-0.15, -0.1) is 0 Å². The highest BCUT2D eigenvalue weighted by Crippen LogP contribution is 2.34. The molecule has 3 rings (SSSR count). The molecule has 0 saturated heterocycles. The van der Waals surface area contributed by atoms with Crippen molar-refractivity contribution in [3.63, 3.8) is 0 Å². The molecule has 0 aliphatic heterocycles. The Bertz CT molecular complexity index is 1050. The van der Waals surface area contributed by atoms with Gasteiger partial charge in [0.25, 0.3) is 0 Å². The van der Waals surface area contributed by atoms with Gasteiger partial charge >= 0.3 is 0 Å². The van der Waals surface area contributed by atoms with Gasteiger partial charge in [0.15, 0.2) is 9.84 Å². The van der Waals surface area contributed by atoms with Gasteiger partial charge in [-0.1, -0.05) is 23.7 Å². The summed E-state index contributed by atoms with van der Waals surface area (Å²) in [6.07, 6.45) is 3.78. The number of rotatable bonds is 3. The van der Waals surface area contributed by atoms with Crippen molar-refractivity contribution < 1.29 is 17.2 Å². The molecular formula is C18H12ClF2NO2S. The van der Waals surface area contributed by atoms with E-state index in [1.807, 2.05) is 6.07 Å². The van der Waals surface area contributed by atoms with Gasteiger partial charge in [-0.2, -0.15) is 0 Å². The summed E-state index contributed by atoms with van der Waals surface area (Å²) >= 11 is 6.01. The lowest BCUT2D eigenvalue weighted by Gasteiger charge is -2.12. The molecule has 128 valence electrons. The quantitative estimate of drug-likeness (QED) is 0.659. The molecule has 1 heterocycles. The first-order chi connectivity index (χ1) is 11.8. The van der Waals surface area contributed by atoms with Crippen LogP contribution in [0.15, 0.2) is 59.8 Å². The van der Waals surface area contributed by atoms with Gasteiger partial charge in [0.05, 0.1) is 0 Å². The summed E-state index contributed by atoms with van der Waals surface area (Å²) < 4.78 is 51.5. The molecule has 0 unspecified atom stereocenters. The average molecular weight is 380 g/mol. The highest BCUT2D eigenvalue weighted by molar-refractivity contribution is 7.90. The third-order valence-electron chi connectivity index (χ3n) is 3.64. The maximum atomic E-state index is 14.2. The minimum Gasteiger partial charge on any atom is -0.264 e. The Morgan fingerprint density at radius 3 is 2.24 bits per heavy atom. The molecule has 1 aromatic heterocycles. The van der Waals surface area contributed by atoms with Crippen molar-refractivity contribution in [3.05, 3.63) is 71.5 Å². The van der Waals surface area contributed by atoms with Crippen LogP contribution in [0.25, 0.3) is 22.3 Å². The van der Waals surface area contributed by atoms with Crippen molar-refractivity contribution in [2.24, 2.45) is 0 Å². The molecule has 0 N–H and O–H groups in total. The first kappa shape index (κ1) is 17.5. The Hall–Kier alpha value is -2.31. The van der Waals surface area contributed by atoms with Crippen molar-refractivity contribution >= 4 is 21.4 Å². The van der Waals surface area contributed by atoms with Crippen LogP contribution in [0.2, 0.25) is 5.02 Å². The fourth-order valence-electron chi connectivity index (χ4n) is 2.60. The van der Waals surface area contributed by atoms with Crippen LogP contribution in [0.4, 0.5) is 8.78 Å². The summed E-state index contributed by atoms with van der Waals surface area (Å²) in [7, 11) is -4.01. The maximum absolute atomic E-state index is 14.2. The van der Waals surface area contributed by atoms with Crippen LogP contribution in [0.1, 0.15) is 0 Å². The average Bonchev–Trinajstić information content (AvgIpc) is 2.53. The molecule has 7 heteroatoms. The highest BCUT2D eigenvalue weighted by Gasteiger charge is 2.22. The van der Waals surface area contributed by atoms with Crippen molar-refractivity contribution in [1.82, 2.24) is 4.98 Å². The Labute approximate surface area is 148 Å². The molecule has 25 heavy (non-hydrogen) atoms. The summed E-state index contributed by atoms with van der Waals surface area (Å²) in [6, 6.07) is 10.7. The molecule has 0 radical (unpaired) electrons. The lowest BCUT2D eigenvalue weighted by molar-refractivity contribution is 0.522. The molecule has 0 amide bonds. The number of hydrogen-bond donors (Lipinski definition) is 0. The van der Waals surface area contributed by atoms with Gasteiger partial charge < -0.3 is 0 Å². The van der Waals surface area contributed by atoms with Gasteiger partial charge in [0.1, 0.15) is 16.5 Å². The molecule has 0 aliphatic carbocycles.